The number of aromatic nitrogens is 2. The zero-order chi connectivity index (χ0) is 16.7. The Hall–Kier alpha value is -2.89. The molecule has 0 fully saturated rings. The van der Waals surface area contributed by atoms with Crippen LogP contribution in [0.2, 0.25) is 0 Å². The Kier molecular flexibility index (Phi) is 5.68. The minimum Gasteiger partial charge on any atom is -0.478 e. The van der Waals surface area contributed by atoms with Crippen molar-refractivity contribution in [2.24, 2.45) is 0 Å². The highest BCUT2D eigenvalue weighted by Gasteiger charge is 2.09. The third-order valence-corrected chi connectivity index (χ3v) is 3.43. The number of nitrogen functional groups attached to an aromatic ring is 1. The molecule has 6 heteroatoms. The summed E-state index contributed by atoms with van der Waals surface area (Å²) < 4.78 is 0. The van der Waals surface area contributed by atoms with E-state index >= 15 is 0 Å². The molecule has 1 aromatic heterocycles. The van der Waals surface area contributed by atoms with Gasteiger partial charge >= 0.3 is 5.97 Å². The third kappa shape index (κ3) is 5.10. The minimum absolute atomic E-state index is 0.0203. The molecule has 0 aliphatic rings. The Morgan fingerprint density at radius 2 is 1.91 bits per heavy atom. The van der Waals surface area contributed by atoms with Gasteiger partial charge in [0.25, 0.3) is 5.56 Å². The van der Waals surface area contributed by atoms with E-state index in [-0.39, 0.29) is 11.5 Å². The van der Waals surface area contributed by atoms with E-state index in [1.165, 1.54) is 11.6 Å². The van der Waals surface area contributed by atoms with Crippen molar-refractivity contribution >= 4 is 18.0 Å². The molecule has 4 N–H and O–H groups in total. The maximum Gasteiger partial charge on any atom is 0.328 e. The second kappa shape index (κ2) is 7.93. The number of unbranched alkanes of at least 4 members (excludes halogenated alkanes) is 1. The van der Waals surface area contributed by atoms with Gasteiger partial charge in [0.05, 0.1) is 5.69 Å². The number of rotatable bonds is 7. The van der Waals surface area contributed by atoms with E-state index < -0.39 is 5.97 Å². The molecule has 0 atom stereocenters. The maximum atomic E-state index is 12.0. The van der Waals surface area contributed by atoms with E-state index in [0.29, 0.717) is 17.7 Å². The summed E-state index contributed by atoms with van der Waals surface area (Å²) in [6.07, 6.45) is 5.44. The summed E-state index contributed by atoms with van der Waals surface area (Å²) in [5, 5.41) is 8.71. The molecule has 6 nitrogen and oxygen atoms in total. The lowest BCUT2D eigenvalue weighted by Gasteiger charge is -2.06. The van der Waals surface area contributed by atoms with Crippen molar-refractivity contribution in [3.63, 3.8) is 0 Å². The monoisotopic (exact) mass is 313 g/mol. The van der Waals surface area contributed by atoms with Gasteiger partial charge in [0.2, 0.25) is 5.95 Å². The molecular formula is C17H19N3O3. The largest absolute Gasteiger partial charge is 0.478 e. The molecular weight excluding hydrogens is 294 g/mol. The summed E-state index contributed by atoms with van der Waals surface area (Å²) in [5.74, 6) is -1.12. The number of aliphatic carboxylic acids is 1. The molecule has 2 rings (SSSR count). The fourth-order valence-corrected chi connectivity index (χ4v) is 2.34. The first-order chi connectivity index (χ1) is 11.1. The predicted molar refractivity (Wildman–Crippen MR) is 89.0 cm³/mol. The first kappa shape index (κ1) is 16.5. The number of H-pyrrole nitrogens is 1. The van der Waals surface area contributed by atoms with Crippen LogP contribution in [0.25, 0.3) is 6.08 Å². The number of nitrogens with zero attached hydrogens (tertiary/aromatic N) is 1. The standard InChI is InChI=1S/C17H19N3O3/c18-17-19-14(10-11-15(21)22)13(16(23)20-17)9-5-4-8-12-6-2-1-3-7-12/h1-3,6-7,10-11H,4-5,8-9H2,(H,21,22)(H3,18,19,20,23)/b11-10-. The molecule has 1 aromatic carbocycles. The van der Waals surface area contributed by atoms with Crippen LogP contribution in [0.3, 0.4) is 0 Å². The maximum absolute atomic E-state index is 12.0. The normalized spacial score (nSPS) is 11.0. The lowest BCUT2D eigenvalue weighted by molar-refractivity contribution is -0.131. The summed E-state index contributed by atoms with van der Waals surface area (Å²) in [7, 11) is 0. The number of aryl methyl sites for hydroxylation is 1. The molecule has 0 amide bonds. The number of carboxylic acids is 1. The van der Waals surface area contributed by atoms with Crippen molar-refractivity contribution in [3.8, 4) is 0 Å². The first-order valence-corrected chi connectivity index (χ1v) is 7.40. The van der Waals surface area contributed by atoms with E-state index in [0.717, 1.165) is 25.3 Å². The molecule has 0 aliphatic carbocycles. The van der Waals surface area contributed by atoms with Crippen LogP contribution in [0.4, 0.5) is 5.95 Å². The number of hydrogen-bond acceptors (Lipinski definition) is 4. The average molecular weight is 313 g/mol. The van der Waals surface area contributed by atoms with E-state index in [4.69, 9.17) is 10.8 Å². The number of benzene rings is 1. The van der Waals surface area contributed by atoms with E-state index in [1.54, 1.807) is 0 Å². The topological polar surface area (TPSA) is 109 Å². The van der Waals surface area contributed by atoms with Crippen LogP contribution in [0.5, 0.6) is 0 Å². The number of carboxylic acid groups (broad SMARTS) is 1. The van der Waals surface area contributed by atoms with Crippen molar-refractivity contribution in [1.82, 2.24) is 9.97 Å². The van der Waals surface area contributed by atoms with Crippen molar-refractivity contribution in [2.45, 2.75) is 25.7 Å². The first-order valence-electron chi connectivity index (χ1n) is 7.40. The van der Waals surface area contributed by atoms with Gasteiger partial charge in [-0.2, -0.15) is 0 Å². The van der Waals surface area contributed by atoms with Crippen molar-refractivity contribution < 1.29 is 9.90 Å². The van der Waals surface area contributed by atoms with Gasteiger partial charge in [0.15, 0.2) is 0 Å². The second-order valence-electron chi connectivity index (χ2n) is 5.18. The Bertz CT molecular complexity index is 751. The van der Waals surface area contributed by atoms with Gasteiger partial charge in [-0.15, -0.1) is 0 Å². The fraction of sp³-hybridized carbons (Fsp3) is 0.235. The molecule has 2 aromatic rings. The lowest BCUT2D eigenvalue weighted by Crippen LogP contribution is -2.18. The van der Waals surface area contributed by atoms with Crippen LogP contribution in [-0.4, -0.2) is 21.0 Å². The SMILES string of the molecule is Nc1nc(/C=C\C(=O)O)c(CCCCc2ccccc2)c(=O)[nH]1. The zero-order valence-corrected chi connectivity index (χ0v) is 12.7. The molecule has 0 saturated heterocycles. The molecule has 0 radical (unpaired) electrons. The third-order valence-electron chi connectivity index (χ3n) is 3.43. The van der Waals surface area contributed by atoms with E-state index in [2.05, 4.69) is 22.1 Å². The smallest absolute Gasteiger partial charge is 0.328 e. The van der Waals surface area contributed by atoms with Crippen molar-refractivity contribution in [2.75, 3.05) is 5.73 Å². The van der Waals surface area contributed by atoms with Gasteiger partial charge in [0.1, 0.15) is 0 Å². The number of aromatic amines is 1. The Morgan fingerprint density at radius 3 is 2.61 bits per heavy atom. The van der Waals surface area contributed by atoms with Gasteiger partial charge in [-0.3, -0.25) is 9.78 Å². The van der Waals surface area contributed by atoms with Crippen molar-refractivity contribution in [1.29, 1.82) is 0 Å². The van der Waals surface area contributed by atoms with Gasteiger partial charge < -0.3 is 10.8 Å². The van der Waals surface area contributed by atoms with E-state index in [9.17, 15) is 9.59 Å². The average Bonchev–Trinajstić information content (AvgIpc) is 2.52. The molecule has 0 saturated carbocycles. The van der Waals surface area contributed by atoms with Crippen LogP contribution in [-0.2, 0) is 17.6 Å². The predicted octanol–water partition coefficient (Wildman–Crippen LogP) is 2.02. The van der Waals surface area contributed by atoms with Crippen LogP contribution in [0.15, 0.2) is 41.2 Å². The minimum atomic E-state index is -1.10. The van der Waals surface area contributed by atoms with E-state index in [1.807, 2.05) is 18.2 Å². The number of nitrogens with two attached hydrogens (primary N) is 1. The summed E-state index contributed by atoms with van der Waals surface area (Å²) in [6.45, 7) is 0. The number of nitrogens with one attached hydrogen (secondary N) is 1. The fourth-order valence-electron chi connectivity index (χ4n) is 2.34. The second-order valence-corrected chi connectivity index (χ2v) is 5.18. The quantitative estimate of drug-likeness (QED) is 0.535. The Labute approximate surface area is 133 Å². The van der Waals surface area contributed by atoms with Crippen LogP contribution >= 0.6 is 0 Å². The number of carbonyl (C=O) groups is 1. The Morgan fingerprint density at radius 1 is 1.22 bits per heavy atom. The summed E-state index contributed by atoms with van der Waals surface area (Å²) >= 11 is 0. The summed E-state index contributed by atoms with van der Waals surface area (Å²) in [6, 6.07) is 10.1. The summed E-state index contributed by atoms with van der Waals surface area (Å²) in [4.78, 5) is 29.1. The van der Waals surface area contributed by atoms with Crippen molar-refractivity contribution in [3.05, 3.63) is 63.6 Å². The highest BCUT2D eigenvalue weighted by molar-refractivity contribution is 5.85. The molecule has 1 heterocycles. The molecule has 0 bridgehead atoms. The van der Waals surface area contributed by atoms with Gasteiger partial charge in [-0.05, 0) is 37.3 Å². The highest BCUT2D eigenvalue weighted by atomic mass is 16.4. The Balaban J connectivity index is 2.03. The highest BCUT2D eigenvalue weighted by Crippen LogP contribution is 2.11. The molecule has 0 spiro atoms. The number of hydrogen-bond donors (Lipinski definition) is 3. The summed E-state index contributed by atoms with van der Waals surface area (Å²) in [5.41, 5.74) is 7.23. The van der Waals surface area contributed by atoms with Gasteiger partial charge in [-0.25, -0.2) is 9.78 Å². The molecule has 0 unspecified atom stereocenters. The van der Waals surface area contributed by atoms with Crippen LogP contribution in [0.1, 0.15) is 29.7 Å². The lowest BCUT2D eigenvalue weighted by atomic mass is 10.0. The number of anilines is 1. The molecule has 120 valence electrons. The molecule has 23 heavy (non-hydrogen) atoms. The molecule has 0 aliphatic heterocycles. The zero-order valence-electron chi connectivity index (χ0n) is 12.7. The van der Waals surface area contributed by atoms with Crippen LogP contribution in [0, 0.1) is 0 Å². The van der Waals surface area contributed by atoms with Crippen LogP contribution < -0.4 is 11.3 Å². The van der Waals surface area contributed by atoms with Gasteiger partial charge in [0, 0.05) is 11.6 Å². The van der Waals surface area contributed by atoms with Gasteiger partial charge in [-0.1, -0.05) is 30.3 Å².